The van der Waals surface area contributed by atoms with Crippen LogP contribution in [0.15, 0.2) is 48.6 Å². The van der Waals surface area contributed by atoms with Gasteiger partial charge in [0.25, 0.3) is 0 Å². The lowest BCUT2D eigenvalue weighted by atomic mass is 10.0. The fraction of sp³-hybridized carbons (Fsp3) is 0.762. The van der Waals surface area contributed by atoms with Crippen molar-refractivity contribution in [2.24, 2.45) is 0 Å². The second-order valence-electron chi connectivity index (χ2n) is 13.0. The van der Waals surface area contributed by atoms with Gasteiger partial charge in [0.2, 0.25) is 0 Å². The Hall–Kier alpha value is -2.14. The van der Waals surface area contributed by atoms with E-state index in [1.165, 1.54) is 96.3 Å². The molecule has 0 bridgehead atoms. The van der Waals surface area contributed by atoms with Crippen LogP contribution in [-0.4, -0.2) is 36.4 Å². The zero-order valence-corrected chi connectivity index (χ0v) is 30.8. The highest BCUT2D eigenvalue weighted by Crippen LogP contribution is 2.15. The molecule has 0 radical (unpaired) electrons. The molecule has 0 aliphatic heterocycles. The summed E-state index contributed by atoms with van der Waals surface area (Å²) in [5.41, 5.74) is 0. The maximum atomic E-state index is 12.2. The van der Waals surface area contributed by atoms with Crippen LogP contribution in [0, 0.1) is 0 Å². The smallest absolute Gasteiger partial charge is 0.306 e. The third-order valence-electron chi connectivity index (χ3n) is 8.39. The summed E-state index contributed by atoms with van der Waals surface area (Å²) in [5, 5.41) is 9.55. The van der Waals surface area contributed by atoms with Crippen LogP contribution in [0.25, 0.3) is 0 Å². The van der Waals surface area contributed by atoms with Gasteiger partial charge in [-0.25, -0.2) is 0 Å². The number of aliphatic hydroxyl groups excluding tert-OH is 1. The molecule has 0 aromatic heterocycles. The number of ether oxygens (including phenoxy) is 2. The molecule has 1 N–H and O–H groups in total. The molecule has 0 aliphatic rings. The Morgan fingerprint density at radius 2 is 0.915 bits per heavy atom. The highest BCUT2D eigenvalue weighted by molar-refractivity contribution is 5.70. The maximum absolute atomic E-state index is 12.2. The first-order valence-electron chi connectivity index (χ1n) is 19.7. The van der Waals surface area contributed by atoms with Gasteiger partial charge < -0.3 is 14.6 Å². The molecule has 0 spiro atoms. The third-order valence-corrected chi connectivity index (χ3v) is 8.39. The summed E-state index contributed by atoms with van der Waals surface area (Å²) < 4.78 is 10.6. The highest BCUT2D eigenvalue weighted by Gasteiger charge is 2.16. The second kappa shape index (κ2) is 38.3. The first-order valence-corrected chi connectivity index (χ1v) is 19.7. The molecule has 1 atom stereocenters. The van der Waals surface area contributed by atoms with Crippen molar-refractivity contribution in [2.45, 2.75) is 193 Å². The Morgan fingerprint density at radius 1 is 0.511 bits per heavy atom. The van der Waals surface area contributed by atoms with Crippen LogP contribution in [0.2, 0.25) is 0 Å². The molecule has 0 unspecified atom stereocenters. The molecule has 47 heavy (non-hydrogen) atoms. The maximum Gasteiger partial charge on any atom is 0.306 e. The highest BCUT2D eigenvalue weighted by atomic mass is 16.6. The number of allylic oxidation sites excluding steroid dienone is 8. The number of aliphatic hydroxyl groups is 1. The van der Waals surface area contributed by atoms with Crippen molar-refractivity contribution in [1.29, 1.82) is 0 Å². The van der Waals surface area contributed by atoms with E-state index in [9.17, 15) is 14.7 Å². The van der Waals surface area contributed by atoms with Crippen molar-refractivity contribution in [2.75, 3.05) is 13.2 Å². The first-order chi connectivity index (χ1) is 23.1. The largest absolute Gasteiger partial charge is 0.462 e. The Bertz CT molecular complexity index is 797. The molecule has 0 aliphatic carbocycles. The lowest BCUT2D eigenvalue weighted by Gasteiger charge is -2.15. The normalized spacial score (nSPS) is 12.7. The topological polar surface area (TPSA) is 72.8 Å². The molecular weight excluding hydrogens is 584 g/mol. The number of carbonyl (C=O) groups excluding carboxylic acids is 2. The summed E-state index contributed by atoms with van der Waals surface area (Å²) in [7, 11) is 0. The van der Waals surface area contributed by atoms with Crippen LogP contribution < -0.4 is 0 Å². The Balaban J connectivity index is 3.59. The number of esters is 2. The van der Waals surface area contributed by atoms with Crippen LogP contribution in [0.3, 0.4) is 0 Å². The van der Waals surface area contributed by atoms with Gasteiger partial charge in [-0.05, 0) is 51.4 Å². The van der Waals surface area contributed by atoms with E-state index in [1.54, 1.807) is 0 Å². The number of hydrogen-bond donors (Lipinski definition) is 1. The van der Waals surface area contributed by atoms with Gasteiger partial charge >= 0.3 is 11.9 Å². The molecule has 0 saturated carbocycles. The minimum Gasteiger partial charge on any atom is -0.462 e. The Morgan fingerprint density at radius 3 is 1.38 bits per heavy atom. The zero-order valence-electron chi connectivity index (χ0n) is 30.8. The molecule has 0 fully saturated rings. The SMILES string of the molecule is CC/C=C/C/C=C/C/C=C/C/C=C/CCCCC(=O)OC[C@H](CO)OC(=O)CCCCCCCCCCCCCCCCCCCC. The van der Waals surface area contributed by atoms with Crippen molar-refractivity contribution in [3.8, 4) is 0 Å². The predicted octanol–water partition coefficient (Wildman–Crippen LogP) is 12.2. The van der Waals surface area contributed by atoms with Gasteiger partial charge in [-0.2, -0.15) is 0 Å². The average Bonchev–Trinajstić information content (AvgIpc) is 3.07. The summed E-state index contributed by atoms with van der Waals surface area (Å²) in [6, 6.07) is 0. The van der Waals surface area contributed by atoms with E-state index in [-0.39, 0.29) is 25.2 Å². The van der Waals surface area contributed by atoms with E-state index in [1.807, 2.05) is 0 Å². The molecule has 0 rings (SSSR count). The molecule has 0 heterocycles. The molecule has 0 amide bonds. The number of hydrogen-bond acceptors (Lipinski definition) is 5. The van der Waals surface area contributed by atoms with Crippen LogP contribution in [0.1, 0.15) is 187 Å². The van der Waals surface area contributed by atoms with E-state index < -0.39 is 6.10 Å². The van der Waals surface area contributed by atoms with Gasteiger partial charge in [-0.15, -0.1) is 0 Å². The first kappa shape index (κ1) is 44.9. The molecule has 5 nitrogen and oxygen atoms in total. The lowest BCUT2D eigenvalue weighted by molar-refractivity contribution is -0.161. The van der Waals surface area contributed by atoms with Crippen LogP contribution >= 0.6 is 0 Å². The standard InChI is InChI=1S/C42H74O5/c1-3-5-7-9-11-13-15-17-19-20-21-23-25-27-29-31-33-35-37-42(45)47-40(38-43)39-46-41(44)36-34-32-30-28-26-24-22-18-16-14-12-10-8-6-4-2/h6,8,12,14,18,22,26,28,40,43H,3-5,7,9-11,13,15-17,19-21,23-25,27,29-39H2,1-2H3/b8-6+,14-12+,22-18+,28-26+/t40-/m0/s1. The molecule has 0 saturated heterocycles. The minimum absolute atomic E-state index is 0.0862. The van der Waals surface area contributed by atoms with Crippen molar-refractivity contribution < 1.29 is 24.2 Å². The number of rotatable bonds is 35. The minimum atomic E-state index is -0.786. The summed E-state index contributed by atoms with van der Waals surface area (Å²) in [5.74, 6) is -0.636. The number of unbranched alkanes of at least 4 members (excludes halogenated alkanes) is 19. The summed E-state index contributed by atoms with van der Waals surface area (Å²) >= 11 is 0. The fourth-order valence-electron chi connectivity index (χ4n) is 5.43. The molecule has 272 valence electrons. The summed E-state index contributed by atoms with van der Waals surface area (Å²) in [4.78, 5) is 24.2. The van der Waals surface area contributed by atoms with E-state index in [0.717, 1.165) is 64.2 Å². The fourth-order valence-corrected chi connectivity index (χ4v) is 5.43. The van der Waals surface area contributed by atoms with Crippen molar-refractivity contribution in [3.05, 3.63) is 48.6 Å². The van der Waals surface area contributed by atoms with Gasteiger partial charge in [0.05, 0.1) is 6.61 Å². The summed E-state index contributed by atoms with van der Waals surface area (Å²) in [6.45, 7) is 3.99. The van der Waals surface area contributed by atoms with E-state index in [4.69, 9.17) is 9.47 Å². The Labute approximate surface area is 290 Å². The molecule has 5 heteroatoms. The van der Waals surface area contributed by atoms with Crippen molar-refractivity contribution in [1.82, 2.24) is 0 Å². The second-order valence-corrected chi connectivity index (χ2v) is 13.0. The lowest BCUT2D eigenvalue weighted by Crippen LogP contribution is -2.28. The third kappa shape index (κ3) is 36.5. The summed E-state index contributed by atoms with van der Waals surface area (Å²) in [6.07, 6.45) is 47.5. The van der Waals surface area contributed by atoms with E-state index in [2.05, 4.69) is 62.5 Å². The van der Waals surface area contributed by atoms with Gasteiger partial charge in [0.15, 0.2) is 6.10 Å². The Kier molecular flexibility index (Phi) is 36.6. The molecule has 0 aromatic rings. The van der Waals surface area contributed by atoms with Crippen LogP contribution in [0.5, 0.6) is 0 Å². The molecular formula is C42H74O5. The average molecular weight is 659 g/mol. The predicted molar refractivity (Wildman–Crippen MR) is 200 cm³/mol. The monoisotopic (exact) mass is 659 g/mol. The van der Waals surface area contributed by atoms with Crippen LogP contribution in [0.4, 0.5) is 0 Å². The van der Waals surface area contributed by atoms with Gasteiger partial charge in [-0.1, -0.05) is 172 Å². The van der Waals surface area contributed by atoms with Crippen molar-refractivity contribution in [3.63, 3.8) is 0 Å². The van der Waals surface area contributed by atoms with Crippen molar-refractivity contribution >= 4 is 11.9 Å². The van der Waals surface area contributed by atoms with E-state index >= 15 is 0 Å². The zero-order chi connectivity index (χ0) is 34.3. The quantitative estimate of drug-likeness (QED) is 0.0417. The van der Waals surface area contributed by atoms with Crippen LogP contribution in [-0.2, 0) is 19.1 Å². The van der Waals surface area contributed by atoms with E-state index in [0.29, 0.717) is 12.8 Å². The van der Waals surface area contributed by atoms with Gasteiger partial charge in [-0.3, -0.25) is 9.59 Å². The molecule has 0 aromatic carbocycles. The number of carbonyl (C=O) groups is 2. The van der Waals surface area contributed by atoms with Gasteiger partial charge in [0, 0.05) is 12.8 Å². The van der Waals surface area contributed by atoms with Gasteiger partial charge in [0.1, 0.15) is 6.61 Å².